The van der Waals surface area contributed by atoms with Gasteiger partial charge in [-0.15, -0.1) is 11.3 Å². The van der Waals surface area contributed by atoms with Crippen LogP contribution in [0, 0.1) is 6.92 Å². The highest BCUT2D eigenvalue weighted by Crippen LogP contribution is 2.37. The van der Waals surface area contributed by atoms with Gasteiger partial charge in [0.25, 0.3) is 0 Å². The fourth-order valence-electron chi connectivity index (χ4n) is 2.35. The van der Waals surface area contributed by atoms with Crippen molar-refractivity contribution < 1.29 is 5.11 Å². The zero-order valence-electron chi connectivity index (χ0n) is 12.1. The quantitative estimate of drug-likeness (QED) is 0.804. The van der Waals surface area contributed by atoms with Crippen molar-refractivity contribution in [3.8, 4) is 11.1 Å². The first-order valence-corrected chi connectivity index (χ1v) is 7.70. The van der Waals surface area contributed by atoms with Gasteiger partial charge in [0.1, 0.15) is 17.0 Å². The highest BCUT2D eigenvalue weighted by molar-refractivity contribution is 7.17. The Morgan fingerprint density at radius 2 is 1.95 bits per heavy atom. The summed E-state index contributed by atoms with van der Waals surface area (Å²) in [5.41, 5.74) is 3.56. The van der Waals surface area contributed by atoms with Crippen LogP contribution in [0.25, 0.3) is 21.3 Å². The van der Waals surface area contributed by atoms with E-state index >= 15 is 0 Å². The molecule has 1 N–H and O–H groups in total. The van der Waals surface area contributed by atoms with Crippen molar-refractivity contribution in [2.24, 2.45) is 0 Å². The number of likely N-dealkylation sites (N-methyl/N-ethyl adjacent to an activating group) is 1. The Labute approximate surface area is 127 Å². The molecule has 108 valence electrons. The van der Waals surface area contributed by atoms with Gasteiger partial charge in [0.05, 0.1) is 12.0 Å². The molecular formula is C16H17N3OS. The largest absolute Gasteiger partial charge is 0.395 e. The molecule has 0 aliphatic carbocycles. The fraction of sp³-hybridized carbons (Fsp3) is 0.250. The number of rotatable bonds is 4. The second-order valence-electron chi connectivity index (χ2n) is 5.04. The van der Waals surface area contributed by atoms with Crippen LogP contribution in [0.15, 0.2) is 36.0 Å². The third kappa shape index (κ3) is 2.62. The van der Waals surface area contributed by atoms with Gasteiger partial charge in [-0.3, -0.25) is 0 Å². The van der Waals surface area contributed by atoms with Gasteiger partial charge in [-0.2, -0.15) is 0 Å². The zero-order valence-corrected chi connectivity index (χ0v) is 12.9. The molecule has 0 fully saturated rings. The lowest BCUT2D eigenvalue weighted by atomic mass is 10.0. The van der Waals surface area contributed by atoms with Crippen molar-refractivity contribution in [1.82, 2.24) is 9.97 Å². The summed E-state index contributed by atoms with van der Waals surface area (Å²) in [6.45, 7) is 2.74. The average molecular weight is 299 g/mol. The summed E-state index contributed by atoms with van der Waals surface area (Å²) in [7, 11) is 1.94. The number of hydrogen-bond acceptors (Lipinski definition) is 5. The molecule has 0 atom stereocenters. The van der Waals surface area contributed by atoms with Crippen LogP contribution in [0.3, 0.4) is 0 Å². The van der Waals surface area contributed by atoms with E-state index in [4.69, 9.17) is 5.11 Å². The minimum atomic E-state index is 0.103. The standard InChI is InChI=1S/C16H17N3OS/c1-11-3-5-12(6-4-11)13-9-21-16-14(13)15(17-10-18-16)19(2)7-8-20/h3-6,9-10,20H,7-8H2,1-2H3. The number of aliphatic hydroxyl groups is 1. The van der Waals surface area contributed by atoms with Crippen LogP contribution in [0.5, 0.6) is 0 Å². The van der Waals surface area contributed by atoms with Crippen LogP contribution in [0.1, 0.15) is 5.56 Å². The minimum Gasteiger partial charge on any atom is -0.395 e. The lowest BCUT2D eigenvalue weighted by molar-refractivity contribution is 0.304. The van der Waals surface area contributed by atoms with E-state index in [0.29, 0.717) is 6.54 Å². The Morgan fingerprint density at radius 1 is 1.19 bits per heavy atom. The molecule has 0 aliphatic rings. The van der Waals surface area contributed by atoms with Crippen LogP contribution >= 0.6 is 11.3 Å². The van der Waals surface area contributed by atoms with E-state index < -0.39 is 0 Å². The van der Waals surface area contributed by atoms with Gasteiger partial charge in [-0.25, -0.2) is 9.97 Å². The third-order valence-electron chi connectivity index (χ3n) is 3.51. The maximum absolute atomic E-state index is 9.16. The monoisotopic (exact) mass is 299 g/mol. The number of thiophene rings is 1. The van der Waals surface area contributed by atoms with Crippen LogP contribution in [-0.2, 0) is 0 Å². The fourth-order valence-corrected chi connectivity index (χ4v) is 3.26. The number of aliphatic hydroxyl groups excluding tert-OH is 1. The highest BCUT2D eigenvalue weighted by Gasteiger charge is 2.15. The van der Waals surface area contributed by atoms with Crippen molar-refractivity contribution in [1.29, 1.82) is 0 Å². The Morgan fingerprint density at radius 3 is 2.67 bits per heavy atom. The van der Waals surface area contributed by atoms with Gasteiger partial charge in [0, 0.05) is 24.5 Å². The van der Waals surface area contributed by atoms with Crippen LogP contribution in [0.4, 0.5) is 5.82 Å². The molecule has 1 aromatic carbocycles. The molecule has 0 saturated carbocycles. The normalized spacial score (nSPS) is 11.0. The van der Waals surface area contributed by atoms with Gasteiger partial charge in [0.2, 0.25) is 0 Å². The van der Waals surface area contributed by atoms with Crippen molar-refractivity contribution in [2.45, 2.75) is 6.92 Å². The van der Waals surface area contributed by atoms with Crippen LogP contribution < -0.4 is 4.90 Å². The maximum Gasteiger partial charge on any atom is 0.141 e. The van der Waals surface area contributed by atoms with Crippen molar-refractivity contribution >= 4 is 27.4 Å². The molecule has 4 nitrogen and oxygen atoms in total. The van der Waals surface area contributed by atoms with Crippen molar-refractivity contribution in [3.05, 3.63) is 41.5 Å². The zero-order chi connectivity index (χ0) is 14.8. The number of aromatic nitrogens is 2. The van der Waals surface area contributed by atoms with E-state index in [1.54, 1.807) is 17.7 Å². The van der Waals surface area contributed by atoms with E-state index in [-0.39, 0.29) is 6.61 Å². The molecule has 0 bridgehead atoms. The molecule has 21 heavy (non-hydrogen) atoms. The molecule has 2 heterocycles. The molecule has 0 radical (unpaired) electrons. The molecule has 3 aromatic rings. The van der Waals surface area contributed by atoms with Gasteiger partial charge in [0.15, 0.2) is 0 Å². The Hall–Kier alpha value is -1.98. The van der Waals surface area contributed by atoms with Crippen LogP contribution in [-0.4, -0.2) is 35.3 Å². The lowest BCUT2D eigenvalue weighted by Crippen LogP contribution is -2.22. The van der Waals surface area contributed by atoms with Crippen LogP contribution in [0.2, 0.25) is 0 Å². The first kappa shape index (κ1) is 14.0. The second-order valence-corrected chi connectivity index (χ2v) is 5.90. The average Bonchev–Trinajstić information content (AvgIpc) is 2.92. The van der Waals surface area contributed by atoms with Gasteiger partial charge >= 0.3 is 0 Å². The van der Waals surface area contributed by atoms with Gasteiger partial charge in [-0.05, 0) is 12.5 Å². The summed E-state index contributed by atoms with van der Waals surface area (Å²) in [5.74, 6) is 0.867. The number of anilines is 1. The third-order valence-corrected chi connectivity index (χ3v) is 4.40. The lowest BCUT2D eigenvalue weighted by Gasteiger charge is -2.18. The molecule has 2 aromatic heterocycles. The number of aryl methyl sites for hydroxylation is 1. The first-order valence-electron chi connectivity index (χ1n) is 6.82. The van der Waals surface area contributed by atoms with E-state index in [0.717, 1.165) is 21.6 Å². The molecule has 0 saturated heterocycles. The molecule has 0 unspecified atom stereocenters. The SMILES string of the molecule is Cc1ccc(-c2csc3ncnc(N(C)CCO)c23)cc1. The Kier molecular flexibility index (Phi) is 3.86. The highest BCUT2D eigenvalue weighted by atomic mass is 32.1. The Bertz CT molecular complexity index is 752. The van der Waals surface area contributed by atoms with E-state index in [1.165, 1.54) is 11.1 Å². The number of nitrogens with zero attached hydrogens (tertiary/aromatic N) is 3. The molecular weight excluding hydrogens is 282 g/mol. The molecule has 0 aliphatic heterocycles. The van der Waals surface area contributed by atoms with E-state index in [9.17, 15) is 0 Å². The summed E-state index contributed by atoms with van der Waals surface area (Å²) in [6, 6.07) is 8.47. The minimum absolute atomic E-state index is 0.103. The molecule has 5 heteroatoms. The summed E-state index contributed by atoms with van der Waals surface area (Å²) in [4.78, 5) is 11.7. The first-order chi connectivity index (χ1) is 10.2. The smallest absolute Gasteiger partial charge is 0.141 e. The summed E-state index contributed by atoms with van der Waals surface area (Å²) in [6.07, 6.45) is 1.58. The summed E-state index contributed by atoms with van der Waals surface area (Å²) >= 11 is 1.62. The van der Waals surface area contributed by atoms with Gasteiger partial charge < -0.3 is 10.0 Å². The second kappa shape index (κ2) is 5.79. The molecule has 3 rings (SSSR count). The van der Waals surface area contributed by atoms with Gasteiger partial charge in [-0.1, -0.05) is 29.8 Å². The predicted molar refractivity (Wildman–Crippen MR) is 87.9 cm³/mol. The van der Waals surface area contributed by atoms with E-state index in [1.807, 2.05) is 11.9 Å². The predicted octanol–water partition coefficient (Wildman–Crippen LogP) is 3.10. The summed E-state index contributed by atoms with van der Waals surface area (Å²) in [5, 5.41) is 12.3. The number of benzene rings is 1. The topological polar surface area (TPSA) is 49.2 Å². The summed E-state index contributed by atoms with van der Waals surface area (Å²) < 4.78 is 0. The van der Waals surface area contributed by atoms with Crippen molar-refractivity contribution in [2.75, 3.05) is 25.1 Å². The van der Waals surface area contributed by atoms with Crippen molar-refractivity contribution in [3.63, 3.8) is 0 Å². The molecule has 0 amide bonds. The van der Waals surface area contributed by atoms with E-state index in [2.05, 4.69) is 46.5 Å². The molecule has 0 spiro atoms. The number of fused-ring (bicyclic) bond motifs is 1. The number of hydrogen-bond donors (Lipinski definition) is 1. The maximum atomic E-state index is 9.16. The Balaban J connectivity index is 2.17.